The molecule has 0 radical (unpaired) electrons. The summed E-state index contributed by atoms with van der Waals surface area (Å²) >= 11 is 3.75. The molecule has 138 valence electrons. The molecule has 0 aliphatic heterocycles. The van der Waals surface area contributed by atoms with Crippen LogP contribution in [-0.4, -0.2) is 27.9 Å². The zero-order chi connectivity index (χ0) is 18.1. The summed E-state index contributed by atoms with van der Waals surface area (Å²) < 4.78 is 8.02. The molecule has 2 nitrogen and oxygen atoms in total. The van der Waals surface area contributed by atoms with Crippen molar-refractivity contribution in [2.45, 2.75) is 72.6 Å². The Labute approximate surface area is 162 Å². The Morgan fingerprint density at radius 3 is 2.08 bits per heavy atom. The monoisotopic (exact) mass is 468 g/mol. The van der Waals surface area contributed by atoms with Crippen molar-refractivity contribution in [3.63, 3.8) is 0 Å². The second kappa shape index (κ2) is 10.6. The molecular formula is C21H33ClN2Sn. The quantitative estimate of drug-likeness (QED) is 0.341. The Kier molecular flexibility index (Phi) is 8.84. The predicted molar refractivity (Wildman–Crippen MR) is 113 cm³/mol. The van der Waals surface area contributed by atoms with Crippen molar-refractivity contribution in [3.8, 4) is 5.69 Å². The zero-order valence-electron chi connectivity index (χ0n) is 16.1. The van der Waals surface area contributed by atoms with Gasteiger partial charge in [-0.25, -0.2) is 0 Å². The van der Waals surface area contributed by atoms with E-state index in [2.05, 4.69) is 37.6 Å². The van der Waals surface area contributed by atoms with Crippen LogP contribution in [0.2, 0.25) is 18.3 Å². The standard InChI is InChI=1S/C9H6ClN2.3C4H9.Sn/c10-8-2-1-3-9(6-8)12-5-4-11-7-12;3*1-3-4-2;/h1-3,5-7H;3*1,3-4H2,2H3;. The topological polar surface area (TPSA) is 17.8 Å². The van der Waals surface area contributed by atoms with Gasteiger partial charge in [-0.1, -0.05) is 0 Å². The van der Waals surface area contributed by atoms with Crippen LogP contribution in [0.4, 0.5) is 0 Å². The van der Waals surface area contributed by atoms with Crippen LogP contribution in [0.1, 0.15) is 59.3 Å². The van der Waals surface area contributed by atoms with Gasteiger partial charge in [0.05, 0.1) is 0 Å². The van der Waals surface area contributed by atoms with E-state index in [0.717, 1.165) is 10.7 Å². The predicted octanol–water partition coefficient (Wildman–Crippen LogP) is 6.58. The van der Waals surface area contributed by atoms with Gasteiger partial charge in [-0.15, -0.1) is 0 Å². The van der Waals surface area contributed by atoms with Crippen LogP contribution in [0.25, 0.3) is 5.69 Å². The van der Waals surface area contributed by atoms with Gasteiger partial charge in [0.15, 0.2) is 0 Å². The molecule has 1 aromatic carbocycles. The minimum atomic E-state index is -2.42. The summed E-state index contributed by atoms with van der Waals surface area (Å²) in [4.78, 5) is 4.97. The molecule has 1 heterocycles. The third-order valence-corrected chi connectivity index (χ3v) is 20.6. The number of benzene rings is 1. The summed E-state index contributed by atoms with van der Waals surface area (Å²) in [5, 5.41) is 0.783. The van der Waals surface area contributed by atoms with Gasteiger partial charge in [-0.2, -0.15) is 0 Å². The van der Waals surface area contributed by atoms with E-state index in [4.69, 9.17) is 16.6 Å². The molecule has 0 N–H and O–H groups in total. The summed E-state index contributed by atoms with van der Waals surface area (Å²) in [7, 11) is 0. The summed E-state index contributed by atoms with van der Waals surface area (Å²) in [6.45, 7) is 6.96. The summed E-state index contributed by atoms with van der Waals surface area (Å²) in [6.07, 6.45) is 12.3. The van der Waals surface area contributed by atoms with Gasteiger partial charge in [0.2, 0.25) is 0 Å². The third kappa shape index (κ3) is 5.75. The first-order chi connectivity index (χ1) is 12.1. The van der Waals surface area contributed by atoms with Crippen molar-refractivity contribution >= 4 is 33.7 Å². The molecule has 0 saturated carbocycles. The van der Waals surface area contributed by atoms with Crippen LogP contribution < -0.4 is 3.71 Å². The van der Waals surface area contributed by atoms with Crippen molar-refractivity contribution in [2.24, 2.45) is 0 Å². The van der Waals surface area contributed by atoms with E-state index in [0.29, 0.717) is 0 Å². The molecule has 0 spiro atoms. The second-order valence-corrected chi connectivity index (χ2v) is 20.7. The van der Waals surface area contributed by atoms with Gasteiger partial charge in [0, 0.05) is 0 Å². The van der Waals surface area contributed by atoms with E-state index >= 15 is 0 Å². The van der Waals surface area contributed by atoms with E-state index in [1.54, 1.807) is 0 Å². The van der Waals surface area contributed by atoms with E-state index < -0.39 is 18.4 Å². The van der Waals surface area contributed by atoms with Crippen LogP contribution in [0.15, 0.2) is 36.8 Å². The number of hydrogen-bond acceptors (Lipinski definition) is 1. The Morgan fingerprint density at radius 2 is 1.56 bits per heavy atom. The van der Waals surface area contributed by atoms with E-state index in [1.165, 1.54) is 55.5 Å². The van der Waals surface area contributed by atoms with Crippen molar-refractivity contribution in [1.29, 1.82) is 0 Å². The maximum atomic E-state index is 6.18. The van der Waals surface area contributed by atoms with Crippen molar-refractivity contribution in [2.75, 3.05) is 0 Å². The van der Waals surface area contributed by atoms with Crippen LogP contribution >= 0.6 is 11.6 Å². The first kappa shape index (κ1) is 20.8. The van der Waals surface area contributed by atoms with E-state index in [9.17, 15) is 0 Å². The minimum absolute atomic E-state index is 0.783. The van der Waals surface area contributed by atoms with Gasteiger partial charge in [0.25, 0.3) is 0 Å². The Balaban J connectivity index is 2.34. The molecule has 2 rings (SSSR count). The Bertz CT molecular complexity index is 617. The van der Waals surface area contributed by atoms with Crippen LogP contribution in [0.5, 0.6) is 0 Å². The number of aromatic nitrogens is 2. The van der Waals surface area contributed by atoms with Gasteiger partial charge in [-0.05, 0) is 0 Å². The van der Waals surface area contributed by atoms with Crippen molar-refractivity contribution in [1.82, 2.24) is 9.55 Å². The fraction of sp³-hybridized carbons (Fsp3) is 0.571. The normalized spacial score (nSPS) is 11.8. The van der Waals surface area contributed by atoms with Gasteiger partial charge < -0.3 is 0 Å². The number of imidazole rings is 1. The number of unbranched alkanes of at least 4 members (excludes halogenated alkanes) is 3. The summed E-state index contributed by atoms with van der Waals surface area (Å²) in [5.74, 6) is 0. The molecule has 0 saturated heterocycles. The average molecular weight is 468 g/mol. The molecule has 0 bridgehead atoms. The summed E-state index contributed by atoms with van der Waals surface area (Å²) in [6, 6.07) is 8.07. The molecule has 0 aliphatic rings. The number of halogens is 1. The van der Waals surface area contributed by atoms with E-state index in [-0.39, 0.29) is 0 Å². The molecule has 25 heavy (non-hydrogen) atoms. The molecule has 0 atom stereocenters. The number of hydrogen-bond donors (Lipinski definition) is 0. The fourth-order valence-electron chi connectivity index (χ4n) is 3.68. The molecular weight excluding hydrogens is 434 g/mol. The molecule has 0 fully saturated rings. The first-order valence-electron chi connectivity index (χ1n) is 9.95. The number of rotatable bonds is 11. The first-order valence-corrected chi connectivity index (χ1v) is 17.8. The SMILES string of the molecule is CCC[CH2][Sn]([CH2]CCC)([CH2]CCC)[c]1cn(-c2cccc(Cl)c2)cn1. The Hall–Kier alpha value is -0.481. The van der Waals surface area contributed by atoms with Gasteiger partial charge >= 0.3 is 163 Å². The molecule has 1 aromatic heterocycles. The molecule has 0 amide bonds. The number of nitrogens with zero attached hydrogens (tertiary/aromatic N) is 2. The molecule has 4 heteroatoms. The van der Waals surface area contributed by atoms with Crippen LogP contribution in [0, 0.1) is 0 Å². The maximum absolute atomic E-state index is 6.18. The molecule has 0 unspecified atom stereocenters. The third-order valence-electron chi connectivity index (χ3n) is 5.26. The molecule has 0 aliphatic carbocycles. The van der Waals surface area contributed by atoms with Crippen LogP contribution in [0.3, 0.4) is 0 Å². The van der Waals surface area contributed by atoms with E-state index in [1.807, 2.05) is 24.5 Å². The van der Waals surface area contributed by atoms with Crippen molar-refractivity contribution < 1.29 is 0 Å². The average Bonchev–Trinajstić information content (AvgIpc) is 3.12. The van der Waals surface area contributed by atoms with Crippen LogP contribution in [-0.2, 0) is 0 Å². The van der Waals surface area contributed by atoms with Gasteiger partial charge in [0.1, 0.15) is 0 Å². The summed E-state index contributed by atoms with van der Waals surface area (Å²) in [5.41, 5.74) is 1.12. The zero-order valence-corrected chi connectivity index (χ0v) is 19.7. The van der Waals surface area contributed by atoms with Gasteiger partial charge in [-0.3, -0.25) is 0 Å². The fourth-order valence-corrected chi connectivity index (χ4v) is 19.1. The van der Waals surface area contributed by atoms with Crippen molar-refractivity contribution in [3.05, 3.63) is 41.8 Å². The molecule has 2 aromatic rings. The Morgan fingerprint density at radius 1 is 0.960 bits per heavy atom. The second-order valence-electron chi connectivity index (χ2n) is 7.24.